The molecule has 0 spiro atoms. The molecule has 1 heterocycles. The molecule has 1 aliphatic rings. The lowest BCUT2D eigenvalue weighted by molar-refractivity contribution is 0.0168. The number of ether oxygens (including phenoxy) is 2. The maximum Gasteiger partial charge on any atom is 0.191 e. The highest BCUT2D eigenvalue weighted by Gasteiger charge is 2.14. The van der Waals surface area contributed by atoms with Gasteiger partial charge in [-0.3, -0.25) is 9.89 Å². The molecule has 6 nitrogen and oxygen atoms in total. The molecule has 0 bridgehead atoms. The largest absolute Gasteiger partial charge is 0.379 e. The monoisotopic (exact) mass is 390 g/mol. The number of benzene rings is 1. The summed E-state index contributed by atoms with van der Waals surface area (Å²) in [6.45, 7) is 11.5. The van der Waals surface area contributed by atoms with E-state index < -0.39 is 0 Å². The van der Waals surface area contributed by atoms with E-state index in [1.165, 1.54) is 11.1 Å². The average Bonchev–Trinajstić information content (AvgIpc) is 3.24. The highest BCUT2D eigenvalue weighted by molar-refractivity contribution is 5.79. The fraction of sp³-hybridized carbons (Fsp3) is 0.682. The van der Waals surface area contributed by atoms with Crippen LogP contribution in [0.15, 0.2) is 29.3 Å². The van der Waals surface area contributed by atoms with Crippen molar-refractivity contribution >= 4 is 5.96 Å². The van der Waals surface area contributed by atoms with Crippen molar-refractivity contribution in [2.45, 2.75) is 52.3 Å². The van der Waals surface area contributed by atoms with Crippen LogP contribution in [0.2, 0.25) is 0 Å². The first-order valence-corrected chi connectivity index (χ1v) is 10.7. The summed E-state index contributed by atoms with van der Waals surface area (Å²) in [7, 11) is 1.81. The molecule has 2 rings (SSSR count). The van der Waals surface area contributed by atoms with Crippen molar-refractivity contribution in [2.24, 2.45) is 4.99 Å². The first kappa shape index (κ1) is 22.7. The molecule has 1 saturated heterocycles. The molecule has 0 aliphatic carbocycles. The molecule has 6 heteroatoms. The van der Waals surface area contributed by atoms with Gasteiger partial charge in [-0.1, -0.05) is 38.1 Å². The SMILES string of the molecule is CCN(CC)Cc1cccc(CNC(=NC)NCCCOCC2CCCO2)c1. The fourth-order valence-corrected chi connectivity index (χ4v) is 3.32. The molecule has 1 atom stereocenters. The molecule has 0 aromatic heterocycles. The summed E-state index contributed by atoms with van der Waals surface area (Å²) >= 11 is 0. The molecule has 1 aromatic rings. The second kappa shape index (κ2) is 13.5. The molecule has 158 valence electrons. The van der Waals surface area contributed by atoms with Crippen molar-refractivity contribution in [3.63, 3.8) is 0 Å². The topological polar surface area (TPSA) is 58.1 Å². The first-order chi connectivity index (χ1) is 13.7. The quantitative estimate of drug-likeness (QED) is 0.326. The minimum Gasteiger partial charge on any atom is -0.379 e. The van der Waals surface area contributed by atoms with E-state index in [-0.39, 0.29) is 0 Å². The van der Waals surface area contributed by atoms with Crippen LogP contribution in [-0.2, 0) is 22.6 Å². The molecule has 0 amide bonds. The number of rotatable bonds is 12. The molecular weight excluding hydrogens is 352 g/mol. The van der Waals surface area contributed by atoms with E-state index in [1.807, 2.05) is 0 Å². The van der Waals surface area contributed by atoms with Crippen molar-refractivity contribution in [3.05, 3.63) is 35.4 Å². The van der Waals surface area contributed by atoms with Gasteiger partial charge in [0.05, 0.1) is 12.7 Å². The maximum atomic E-state index is 5.70. The summed E-state index contributed by atoms with van der Waals surface area (Å²) in [4.78, 5) is 6.73. The first-order valence-electron chi connectivity index (χ1n) is 10.7. The van der Waals surface area contributed by atoms with E-state index in [4.69, 9.17) is 9.47 Å². The van der Waals surface area contributed by atoms with Gasteiger partial charge in [0.25, 0.3) is 0 Å². The summed E-state index contributed by atoms with van der Waals surface area (Å²) in [5.41, 5.74) is 2.63. The Morgan fingerprint density at radius 3 is 2.79 bits per heavy atom. The molecule has 0 radical (unpaired) electrons. The second-order valence-electron chi connectivity index (χ2n) is 7.20. The number of nitrogens with one attached hydrogen (secondary N) is 2. The Kier molecular flexibility index (Phi) is 10.9. The minimum atomic E-state index is 0.305. The van der Waals surface area contributed by atoms with Gasteiger partial charge in [0.15, 0.2) is 5.96 Å². The van der Waals surface area contributed by atoms with Crippen molar-refractivity contribution in [2.75, 3.05) is 46.5 Å². The third-order valence-electron chi connectivity index (χ3n) is 5.06. The second-order valence-corrected chi connectivity index (χ2v) is 7.20. The van der Waals surface area contributed by atoms with Crippen molar-refractivity contribution in [3.8, 4) is 0 Å². The third kappa shape index (κ3) is 8.59. The van der Waals surface area contributed by atoms with E-state index in [2.05, 4.69) is 58.6 Å². The van der Waals surface area contributed by atoms with Crippen LogP contribution < -0.4 is 10.6 Å². The normalized spacial score (nSPS) is 17.3. The Bertz CT molecular complexity index is 569. The lowest BCUT2D eigenvalue weighted by Gasteiger charge is -2.18. The summed E-state index contributed by atoms with van der Waals surface area (Å²) in [6, 6.07) is 8.77. The summed E-state index contributed by atoms with van der Waals surface area (Å²) < 4.78 is 11.3. The Morgan fingerprint density at radius 2 is 2.07 bits per heavy atom. The highest BCUT2D eigenvalue weighted by Crippen LogP contribution is 2.12. The molecule has 28 heavy (non-hydrogen) atoms. The smallest absolute Gasteiger partial charge is 0.191 e. The highest BCUT2D eigenvalue weighted by atomic mass is 16.5. The van der Waals surface area contributed by atoms with Gasteiger partial charge < -0.3 is 20.1 Å². The van der Waals surface area contributed by atoms with Crippen LogP contribution in [0.5, 0.6) is 0 Å². The maximum absolute atomic E-state index is 5.70. The van der Waals surface area contributed by atoms with Gasteiger partial charge in [-0.15, -0.1) is 0 Å². The Hall–Kier alpha value is -1.63. The zero-order chi connectivity index (χ0) is 20.0. The molecule has 0 saturated carbocycles. The van der Waals surface area contributed by atoms with Crippen LogP contribution in [0.4, 0.5) is 0 Å². The third-order valence-corrected chi connectivity index (χ3v) is 5.06. The van der Waals surface area contributed by atoms with E-state index in [9.17, 15) is 0 Å². The fourth-order valence-electron chi connectivity index (χ4n) is 3.32. The summed E-state index contributed by atoms with van der Waals surface area (Å²) in [5, 5.41) is 6.75. The number of nitrogens with zero attached hydrogens (tertiary/aromatic N) is 2. The standard InChI is InChI=1S/C22H38N4O2/c1-4-26(5-2)17-20-10-6-9-19(15-20)16-25-22(23-3)24-12-8-13-27-18-21-11-7-14-28-21/h6,9-10,15,21H,4-5,7-8,11-14,16-18H2,1-3H3,(H2,23,24,25). The predicted molar refractivity (Wildman–Crippen MR) is 116 cm³/mol. The van der Waals surface area contributed by atoms with Gasteiger partial charge in [0.1, 0.15) is 0 Å². The number of hydrogen-bond acceptors (Lipinski definition) is 4. The Balaban J connectivity index is 1.63. The predicted octanol–water partition coefficient (Wildman–Crippen LogP) is 2.78. The van der Waals surface area contributed by atoms with Crippen molar-refractivity contribution in [1.82, 2.24) is 15.5 Å². The average molecular weight is 391 g/mol. The lowest BCUT2D eigenvalue weighted by Crippen LogP contribution is -2.37. The van der Waals surface area contributed by atoms with E-state index in [0.29, 0.717) is 6.10 Å². The van der Waals surface area contributed by atoms with Crippen molar-refractivity contribution < 1.29 is 9.47 Å². The zero-order valence-corrected chi connectivity index (χ0v) is 17.9. The van der Waals surface area contributed by atoms with Gasteiger partial charge in [0, 0.05) is 39.9 Å². The summed E-state index contributed by atoms with van der Waals surface area (Å²) in [5.74, 6) is 0.827. The Labute approximate surface area is 170 Å². The van der Waals surface area contributed by atoms with Crippen LogP contribution in [0.3, 0.4) is 0 Å². The lowest BCUT2D eigenvalue weighted by atomic mass is 10.1. The Morgan fingerprint density at radius 1 is 1.25 bits per heavy atom. The van der Waals surface area contributed by atoms with Gasteiger partial charge in [-0.05, 0) is 43.5 Å². The molecule has 2 N–H and O–H groups in total. The molecule has 1 unspecified atom stereocenters. The van der Waals surface area contributed by atoms with Crippen LogP contribution in [0.25, 0.3) is 0 Å². The van der Waals surface area contributed by atoms with Gasteiger partial charge >= 0.3 is 0 Å². The molecule has 1 fully saturated rings. The van der Waals surface area contributed by atoms with Crippen molar-refractivity contribution in [1.29, 1.82) is 0 Å². The zero-order valence-electron chi connectivity index (χ0n) is 17.9. The number of aliphatic imine (C=N–C) groups is 1. The van der Waals surface area contributed by atoms with E-state index in [0.717, 1.165) is 77.8 Å². The van der Waals surface area contributed by atoms with Gasteiger partial charge in [0.2, 0.25) is 0 Å². The molecule has 1 aliphatic heterocycles. The number of guanidine groups is 1. The van der Waals surface area contributed by atoms with Gasteiger partial charge in [-0.2, -0.15) is 0 Å². The molecule has 1 aromatic carbocycles. The van der Waals surface area contributed by atoms with Crippen LogP contribution in [0.1, 0.15) is 44.2 Å². The van der Waals surface area contributed by atoms with Crippen LogP contribution in [0, 0.1) is 0 Å². The van der Waals surface area contributed by atoms with E-state index in [1.54, 1.807) is 7.05 Å². The van der Waals surface area contributed by atoms with Gasteiger partial charge in [-0.25, -0.2) is 0 Å². The molecular formula is C22H38N4O2. The minimum absolute atomic E-state index is 0.305. The number of hydrogen-bond donors (Lipinski definition) is 2. The van der Waals surface area contributed by atoms with Crippen LogP contribution >= 0.6 is 0 Å². The van der Waals surface area contributed by atoms with Crippen LogP contribution in [-0.4, -0.2) is 63.5 Å². The summed E-state index contributed by atoms with van der Waals surface area (Å²) in [6.07, 6.45) is 3.55. The van der Waals surface area contributed by atoms with E-state index >= 15 is 0 Å².